The number of likely N-dealkylation sites (tertiary alicyclic amines) is 1. The number of hydrogen-bond donors (Lipinski definition) is 1. The van der Waals surface area contributed by atoms with Crippen molar-refractivity contribution < 1.29 is 4.79 Å². The van der Waals surface area contributed by atoms with Gasteiger partial charge in [-0.15, -0.1) is 12.4 Å². The van der Waals surface area contributed by atoms with Crippen LogP contribution in [0.15, 0.2) is 30.3 Å². The molecule has 1 unspecified atom stereocenters. The Kier molecular flexibility index (Phi) is 7.20. The Bertz CT molecular complexity index is 438. The third-order valence-corrected chi connectivity index (χ3v) is 4.37. The molecule has 1 atom stereocenters. The van der Waals surface area contributed by atoms with Gasteiger partial charge in [0.25, 0.3) is 0 Å². The van der Waals surface area contributed by atoms with Crippen LogP contribution in [-0.4, -0.2) is 30.4 Å². The average Bonchev–Trinajstić information content (AvgIpc) is 2.87. The second-order valence-corrected chi connectivity index (χ2v) is 6.25. The Labute approximate surface area is 134 Å². The minimum Gasteiger partial charge on any atom is -0.342 e. The average molecular weight is 311 g/mol. The second kappa shape index (κ2) is 8.40. The van der Waals surface area contributed by atoms with Crippen LogP contribution < -0.4 is 5.73 Å². The largest absolute Gasteiger partial charge is 0.342 e. The Morgan fingerprint density at radius 3 is 2.71 bits per heavy atom. The predicted molar refractivity (Wildman–Crippen MR) is 89.6 cm³/mol. The van der Waals surface area contributed by atoms with Gasteiger partial charge in [-0.05, 0) is 43.2 Å². The topological polar surface area (TPSA) is 46.3 Å². The van der Waals surface area contributed by atoms with Gasteiger partial charge in [-0.25, -0.2) is 0 Å². The molecular formula is C17H27ClN2O. The molecule has 1 aromatic carbocycles. The highest BCUT2D eigenvalue weighted by molar-refractivity contribution is 5.85. The summed E-state index contributed by atoms with van der Waals surface area (Å²) in [5.41, 5.74) is 7.13. The summed E-state index contributed by atoms with van der Waals surface area (Å²) in [4.78, 5) is 14.1. The molecule has 1 aliphatic heterocycles. The molecule has 0 aromatic heterocycles. The molecule has 1 amide bonds. The molecule has 21 heavy (non-hydrogen) atoms. The number of benzene rings is 1. The molecular weight excluding hydrogens is 284 g/mol. The number of halogens is 1. The predicted octanol–water partition coefficient (Wildman–Crippen LogP) is 3.02. The number of hydrogen-bond acceptors (Lipinski definition) is 2. The number of amides is 1. The fourth-order valence-corrected chi connectivity index (χ4v) is 2.94. The maximum absolute atomic E-state index is 12.0. The first-order chi connectivity index (χ1) is 9.63. The lowest BCUT2D eigenvalue weighted by Gasteiger charge is -2.24. The van der Waals surface area contributed by atoms with Crippen molar-refractivity contribution in [1.29, 1.82) is 0 Å². The van der Waals surface area contributed by atoms with Crippen LogP contribution >= 0.6 is 12.4 Å². The van der Waals surface area contributed by atoms with Crippen molar-refractivity contribution in [1.82, 2.24) is 4.90 Å². The van der Waals surface area contributed by atoms with Crippen molar-refractivity contribution in [3.63, 3.8) is 0 Å². The van der Waals surface area contributed by atoms with E-state index in [1.54, 1.807) is 0 Å². The molecule has 0 saturated carbocycles. The summed E-state index contributed by atoms with van der Waals surface area (Å²) in [7, 11) is 0. The van der Waals surface area contributed by atoms with Gasteiger partial charge in [0.05, 0.1) is 0 Å². The van der Waals surface area contributed by atoms with E-state index in [2.05, 4.69) is 37.3 Å². The van der Waals surface area contributed by atoms with Crippen molar-refractivity contribution in [2.75, 3.05) is 19.6 Å². The van der Waals surface area contributed by atoms with Crippen LogP contribution in [0.4, 0.5) is 0 Å². The third-order valence-electron chi connectivity index (χ3n) is 4.37. The van der Waals surface area contributed by atoms with Crippen LogP contribution in [0, 0.1) is 5.41 Å². The first-order valence-electron chi connectivity index (χ1n) is 7.65. The van der Waals surface area contributed by atoms with Crippen LogP contribution in [0.5, 0.6) is 0 Å². The molecule has 4 heteroatoms. The second-order valence-electron chi connectivity index (χ2n) is 6.25. The van der Waals surface area contributed by atoms with Crippen LogP contribution in [-0.2, 0) is 11.2 Å². The minimum absolute atomic E-state index is 0. The van der Waals surface area contributed by atoms with E-state index < -0.39 is 0 Å². The standard InChI is InChI=1S/C17H26N2O.ClH/c1-17(10-9-15-6-3-2-4-7-15)11-13-19(14-17)16(20)8-5-12-18;/h2-4,6-7H,5,8-14,18H2,1H3;1H. The molecule has 1 heterocycles. The van der Waals surface area contributed by atoms with Crippen molar-refractivity contribution in [2.45, 2.75) is 39.0 Å². The van der Waals surface area contributed by atoms with E-state index in [-0.39, 0.29) is 23.7 Å². The van der Waals surface area contributed by atoms with Gasteiger partial charge in [0, 0.05) is 19.5 Å². The van der Waals surface area contributed by atoms with E-state index in [1.807, 2.05) is 4.90 Å². The summed E-state index contributed by atoms with van der Waals surface area (Å²) < 4.78 is 0. The lowest BCUT2D eigenvalue weighted by molar-refractivity contribution is -0.130. The summed E-state index contributed by atoms with van der Waals surface area (Å²) in [6, 6.07) is 10.6. The lowest BCUT2D eigenvalue weighted by atomic mass is 9.83. The van der Waals surface area contributed by atoms with Crippen molar-refractivity contribution in [3.8, 4) is 0 Å². The van der Waals surface area contributed by atoms with Gasteiger partial charge in [0.15, 0.2) is 0 Å². The highest BCUT2D eigenvalue weighted by atomic mass is 35.5. The van der Waals surface area contributed by atoms with Crippen molar-refractivity contribution in [2.24, 2.45) is 11.1 Å². The monoisotopic (exact) mass is 310 g/mol. The summed E-state index contributed by atoms with van der Waals surface area (Å²) in [5, 5.41) is 0. The molecule has 1 aliphatic rings. The molecule has 1 aromatic rings. The zero-order valence-corrected chi connectivity index (χ0v) is 13.7. The molecule has 0 radical (unpaired) electrons. The molecule has 118 valence electrons. The molecule has 0 aliphatic carbocycles. The van der Waals surface area contributed by atoms with Gasteiger partial charge < -0.3 is 10.6 Å². The number of aryl methyl sites for hydroxylation is 1. The Morgan fingerprint density at radius 2 is 2.05 bits per heavy atom. The number of carbonyl (C=O) groups excluding carboxylic acids is 1. The van der Waals surface area contributed by atoms with E-state index in [1.165, 1.54) is 5.56 Å². The molecule has 3 nitrogen and oxygen atoms in total. The summed E-state index contributed by atoms with van der Waals surface area (Å²) >= 11 is 0. The van der Waals surface area contributed by atoms with Crippen molar-refractivity contribution >= 4 is 18.3 Å². The highest BCUT2D eigenvalue weighted by Gasteiger charge is 2.35. The zero-order valence-electron chi connectivity index (χ0n) is 12.9. The Hall–Kier alpha value is -1.06. The van der Waals surface area contributed by atoms with Crippen LogP contribution in [0.1, 0.15) is 38.2 Å². The van der Waals surface area contributed by atoms with E-state index in [0.29, 0.717) is 13.0 Å². The maximum Gasteiger partial charge on any atom is 0.222 e. The summed E-state index contributed by atoms with van der Waals surface area (Å²) in [6.45, 7) is 4.73. The van der Waals surface area contributed by atoms with Gasteiger partial charge in [-0.3, -0.25) is 4.79 Å². The molecule has 1 saturated heterocycles. The Morgan fingerprint density at radius 1 is 1.33 bits per heavy atom. The van der Waals surface area contributed by atoms with E-state index >= 15 is 0 Å². The maximum atomic E-state index is 12.0. The number of carbonyl (C=O) groups is 1. The molecule has 1 fully saturated rings. The van der Waals surface area contributed by atoms with E-state index in [9.17, 15) is 4.79 Å². The van der Waals surface area contributed by atoms with Crippen LogP contribution in [0.25, 0.3) is 0 Å². The van der Waals surface area contributed by atoms with Gasteiger partial charge in [-0.1, -0.05) is 37.3 Å². The van der Waals surface area contributed by atoms with Gasteiger partial charge in [0.1, 0.15) is 0 Å². The van der Waals surface area contributed by atoms with Crippen LogP contribution in [0.2, 0.25) is 0 Å². The normalized spacial score (nSPS) is 21.1. The first kappa shape index (κ1) is 18.0. The fourth-order valence-electron chi connectivity index (χ4n) is 2.94. The molecule has 0 spiro atoms. The zero-order chi connectivity index (χ0) is 14.4. The molecule has 2 rings (SSSR count). The summed E-state index contributed by atoms with van der Waals surface area (Å²) in [6.07, 6.45) is 4.77. The fraction of sp³-hybridized carbons (Fsp3) is 0.588. The highest BCUT2D eigenvalue weighted by Crippen LogP contribution is 2.34. The quantitative estimate of drug-likeness (QED) is 0.878. The third kappa shape index (κ3) is 5.33. The number of rotatable bonds is 6. The number of nitrogens with two attached hydrogens (primary N) is 1. The van der Waals surface area contributed by atoms with Gasteiger partial charge >= 0.3 is 0 Å². The van der Waals surface area contributed by atoms with Crippen molar-refractivity contribution in [3.05, 3.63) is 35.9 Å². The minimum atomic E-state index is 0. The summed E-state index contributed by atoms with van der Waals surface area (Å²) in [5.74, 6) is 0.277. The van der Waals surface area contributed by atoms with Crippen LogP contribution in [0.3, 0.4) is 0 Å². The van der Waals surface area contributed by atoms with E-state index in [0.717, 1.165) is 38.8 Å². The molecule has 0 bridgehead atoms. The van der Waals surface area contributed by atoms with E-state index in [4.69, 9.17) is 5.73 Å². The smallest absolute Gasteiger partial charge is 0.222 e. The molecule has 2 N–H and O–H groups in total. The van der Waals surface area contributed by atoms with Gasteiger partial charge in [-0.2, -0.15) is 0 Å². The lowest BCUT2D eigenvalue weighted by Crippen LogP contribution is -2.31. The van der Waals surface area contributed by atoms with Gasteiger partial charge in [0.2, 0.25) is 5.91 Å². The first-order valence-corrected chi connectivity index (χ1v) is 7.65. The SMILES string of the molecule is CC1(CCc2ccccc2)CCN(C(=O)CCCN)C1.Cl. The Balaban J connectivity index is 0.00000220. The number of nitrogens with zero attached hydrogens (tertiary/aromatic N) is 1.